The Labute approximate surface area is 124 Å². The summed E-state index contributed by atoms with van der Waals surface area (Å²) in [7, 11) is 0. The van der Waals surface area contributed by atoms with Crippen LogP contribution in [0.15, 0.2) is 12.1 Å². The lowest BCUT2D eigenvalue weighted by Crippen LogP contribution is -2.07. The Morgan fingerprint density at radius 2 is 2.21 bits per heavy atom. The maximum atomic E-state index is 11.9. The van der Waals surface area contributed by atoms with Gasteiger partial charge in [0, 0.05) is 28.4 Å². The highest BCUT2D eigenvalue weighted by Crippen LogP contribution is 2.40. The number of ether oxygens (including phenoxy) is 2. The molecule has 19 heavy (non-hydrogen) atoms. The largest absolute Gasteiger partial charge is 0.493 e. The first-order valence-corrected chi connectivity index (χ1v) is 7.32. The standard InChI is InChI=1S/C13H14BrClF2O2/c14-11(2-3-18-7-12(16)17)10-6-9(15)5-8-1-4-19-13(8)10/h5-6,11-12H,1-4,7H2. The van der Waals surface area contributed by atoms with Crippen LogP contribution in [0.4, 0.5) is 8.78 Å². The minimum absolute atomic E-state index is 0.0178. The third kappa shape index (κ3) is 4.04. The van der Waals surface area contributed by atoms with E-state index in [2.05, 4.69) is 15.9 Å². The minimum atomic E-state index is -2.42. The predicted molar refractivity (Wildman–Crippen MR) is 73.8 cm³/mol. The summed E-state index contributed by atoms with van der Waals surface area (Å²) in [6, 6.07) is 3.75. The summed E-state index contributed by atoms with van der Waals surface area (Å²) < 4.78 is 34.4. The van der Waals surface area contributed by atoms with Crippen molar-refractivity contribution in [3.05, 3.63) is 28.3 Å². The van der Waals surface area contributed by atoms with Crippen LogP contribution in [0, 0.1) is 0 Å². The van der Waals surface area contributed by atoms with Gasteiger partial charge in [0.1, 0.15) is 12.4 Å². The zero-order valence-corrected chi connectivity index (χ0v) is 12.5. The molecule has 0 radical (unpaired) electrons. The zero-order valence-electron chi connectivity index (χ0n) is 10.2. The van der Waals surface area contributed by atoms with Gasteiger partial charge >= 0.3 is 0 Å². The summed E-state index contributed by atoms with van der Waals surface area (Å²) >= 11 is 9.60. The van der Waals surface area contributed by atoms with Crippen molar-refractivity contribution in [2.24, 2.45) is 0 Å². The first-order chi connectivity index (χ1) is 9.08. The molecule has 0 aliphatic carbocycles. The molecule has 2 nitrogen and oxygen atoms in total. The van der Waals surface area contributed by atoms with E-state index in [1.165, 1.54) is 0 Å². The summed E-state index contributed by atoms with van der Waals surface area (Å²) in [6.07, 6.45) is -0.986. The summed E-state index contributed by atoms with van der Waals surface area (Å²) in [4.78, 5) is -0.0178. The van der Waals surface area contributed by atoms with Crippen molar-refractivity contribution in [2.45, 2.75) is 24.1 Å². The van der Waals surface area contributed by atoms with Crippen LogP contribution in [0.5, 0.6) is 5.75 Å². The number of rotatable bonds is 6. The number of fused-ring (bicyclic) bond motifs is 1. The molecule has 0 saturated heterocycles. The molecule has 1 aromatic rings. The Morgan fingerprint density at radius 3 is 2.95 bits per heavy atom. The normalized spacial score (nSPS) is 15.4. The van der Waals surface area contributed by atoms with Gasteiger partial charge in [0.15, 0.2) is 0 Å². The summed E-state index contributed by atoms with van der Waals surface area (Å²) in [5.74, 6) is 0.861. The van der Waals surface area contributed by atoms with Crippen molar-refractivity contribution in [2.75, 3.05) is 19.8 Å². The molecular weight excluding hydrogens is 341 g/mol. The average molecular weight is 356 g/mol. The fourth-order valence-corrected chi connectivity index (χ4v) is 2.82. The molecule has 106 valence electrons. The predicted octanol–water partition coefficient (Wildman–Crippen LogP) is 4.38. The Balaban J connectivity index is 1.97. The van der Waals surface area contributed by atoms with E-state index in [1.54, 1.807) is 0 Å². The van der Waals surface area contributed by atoms with Crippen molar-refractivity contribution < 1.29 is 18.3 Å². The molecule has 2 rings (SSSR count). The van der Waals surface area contributed by atoms with Crippen LogP contribution in [0.25, 0.3) is 0 Å². The van der Waals surface area contributed by atoms with Gasteiger partial charge < -0.3 is 9.47 Å². The van der Waals surface area contributed by atoms with Gasteiger partial charge in [0.2, 0.25) is 0 Å². The maximum absolute atomic E-state index is 11.9. The maximum Gasteiger partial charge on any atom is 0.261 e. The Morgan fingerprint density at radius 1 is 1.42 bits per heavy atom. The van der Waals surface area contributed by atoms with Crippen molar-refractivity contribution in [1.82, 2.24) is 0 Å². The van der Waals surface area contributed by atoms with E-state index in [9.17, 15) is 8.78 Å². The van der Waals surface area contributed by atoms with Crippen LogP contribution >= 0.6 is 27.5 Å². The van der Waals surface area contributed by atoms with Gasteiger partial charge in [-0.05, 0) is 24.1 Å². The molecule has 0 saturated carbocycles. The van der Waals surface area contributed by atoms with E-state index in [1.807, 2.05) is 12.1 Å². The minimum Gasteiger partial charge on any atom is -0.493 e. The smallest absolute Gasteiger partial charge is 0.261 e. The molecule has 1 unspecified atom stereocenters. The first kappa shape index (κ1) is 15.0. The number of alkyl halides is 3. The molecule has 0 N–H and O–H groups in total. The molecule has 1 aliphatic heterocycles. The first-order valence-electron chi connectivity index (χ1n) is 6.03. The van der Waals surface area contributed by atoms with Crippen molar-refractivity contribution in [3.8, 4) is 5.75 Å². The summed E-state index contributed by atoms with van der Waals surface area (Å²) in [5, 5.41) is 0.664. The van der Waals surface area contributed by atoms with E-state index in [-0.39, 0.29) is 11.4 Å². The lowest BCUT2D eigenvalue weighted by molar-refractivity contribution is 0.0167. The monoisotopic (exact) mass is 354 g/mol. The van der Waals surface area contributed by atoms with Gasteiger partial charge in [0.25, 0.3) is 6.43 Å². The summed E-state index contributed by atoms with van der Waals surface area (Å²) in [6.45, 7) is 0.399. The molecule has 1 atom stereocenters. The molecule has 6 heteroatoms. The quantitative estimate of drug-likeness (QED) is 0.557. The number of halogens is 4. The molecule has 1 heterocycles. The van der Waals surface area contributed by atoms with E-state index < -0.39 is 13.0 Å². The van der Waals surface area contributed by atoms with Crippen LogP contribution in [0.1, 0.15) is 22.4 Å². The van der Waals surface area contributed by atoms with Crippen LogP contribution in [-0.4, -0.2) is 26.2 Å². The molecule has 0 bridgehead atoms. The van der Waals surface area contributed by atoms with E-state index >= 15 is 0 Å². The second-order valence-corrected chi connectivity index (χ2v) is 5.85. The fraction of sp³-hybridized carbons (Fsp3) is 0.538. The molecule has 1 aromatic carbocycles. The van der Waals surface area contributed by atoms with Crippen molar-refractivity contribution in [1.29, 1.82) is 0 Å². The van der Waals surface area contributed by atoms with Crippen LogP contribution < -0.4 is 4.74 Å². The topological polar surface area (TPSA) is 18.5 Å². The molecular formula is C13H14BrClF2O2. The third-order valence-corrected chi connectivity index (χ3v) is 4.04. The van der Waals surface area contributed by atoms with E-state index in [0.717, 1.165) is 23.3 Å². The lowest BCUT2D eigenvalue weighted by Gasteiger charge is -2.15. The highest BCUT2D eigenvalue weighted by Gasteiger charge is 2.22. The van der Waals surface area contributed by atoms with Gasteiger partial charge in [-0.25, -0.2) is 8.78 Å². The molecule has 0 amide bonds. The van der Waals surface area contributed by atoms with Crippen molar-refractivity contribution >= 4 is 27.5 Å². The van der Waals surface area contributed by atoms with Gasteiger partial charge in [-0.15, -0.1) is 0 Å². The molecule has 0 aromatic heterocycles. The fourth-order valence-electron chi connectivity index (χ4n) is 2.05. The van der Waals surface area contributed by atoms with Crippen LogP contribution in [-0.2, 0) is 11.2 Å². The lowest BCUT2D eigenvalue weighted by atomic mass is 10.0. The number of benzene rings is 1. The van der Waals surface area contributed by atoms with Gasteiger partial charge in [-0.3, -0.25) is 0 Å². The second-order valence-electron chi connectivity index (χ2n) is 4.30. The van der Waals surface area contributed by atoms with Crippen LogP contribution in [0.2, 0.25) is 5.02 Å². The Hall–Kier alpha value is -0.390. The highest BCUT2D eigenvalue weighted by atomic mass is 79.9. The third-order valence-electron chi connectivity index (χ3n) is 2.87. The molecule has 1 aliphatic rings. The number of hydrogen-bond donors (Lipinski definition) is 0. The number of hydrogen-bond acceptors (Lipinski definition) is 2. The average Bonchev–Trinajstić information content (AvgIpc) is 2.80. The van der Waals surface area contributed by atoms with Gasteiger partial charge in [0.05, 0.1) is 6.61 Å². The summed E-state index contributed by atoms with van der Waals surface area (Å²) in [5.41, 5.74) is 2.06. The molecule has 0 fully saturated rings. The Kier molecular flexibility index (Phi) is 5.42. The van der Waals surface area contributed by atoms with Crippen molar-refractivity contribution in [3.63, 3.8) is 0 Å². The highest BCUT2D eigenvalue weighted by molar-refractivity contribution is 9.09. The van der Waals surface area contributed by atoms with E-state index in [0.29, 0.717) is 18.1 Å². The van der Waals surface area contributed by atoms with Gasteiger partial charge in [-0.2, -0.15) is 0 Å². The van der Waals surface area contributed by atoms with Crippen LogP contribution in [0.3, 0.4) is 0 Å². The van der Waals surface area contributed by atoms with Gasteiger partial charge in [-0.1, -0.05) is 27.5 Å². The second kappa shape index (κ2) is 6.86. The SMILES string of the molecule is FC(F)COCCC(Br)c1cc(Cl)cc2c1OCC2. The Bertz CT molecular complexity index is 443. The molecule has 0 spiro atoms. The van der Waals surface area contributed by atoms with E-state index in [4.69, 9.17) is 21.1 Å². The zero-order chi connectivity index (χ0) is 13.8.